The number of hydrogen-bond acceptors (Lipinski definition) is 5. The molecule has 0 aliphatic carbocycles. The predicted molar refractivity (Wildman–Crippen MR) is 76.5 cm³/mol. The van der Waals surface area contributed by atoms with Crippen molar-refractivity contribution >= 4 is 28.1 Å². The highest BCUT2D eigenvalue weighted by Crippen LogP contribution is 2.23. The molecule has 1 amide bonds. The molecule has 0 atom stereocenters. The summed E-state index contributed by atoms with van der Waals surface area (Å²) in [5.74, 6) is -0.153. The van der Waals surface area contributed by atoms with Crippen LogP contribution in [0.5, 0.6) is 5.75 Å². The minimum absolute atomic E-state index is 0.0812. The van der Waals surface area contributed by atoms with E-state index in [9.17, 15) is 13.6 Å². The zero-order valence-corrected chi connectivity index (χ0v) is 11.9. The van der Waals surface area contributed by atoms with E-state index in [1.807, 2.05) is 6.92 Å². The van der Waals surface area contributed by atoms with Crippen LogP contribution >= 0.6 is 11.3 Å². The van der Waals surface area contributed by atoms with Crippen molar-refractivity contribution in [1.82, 2.24) is 10.3 Å². The Morgan fingerprint density at radius 1 is 1.38 bits per heavy atom. The van der Waals surface area contributed by atoms with E-state index in [1.165, 1.54) is 23.5 Å². The van der Waals surface area contributed by atoms with Crippen molar-refractivity contribution in [1.29, 1.82) is 0 Å². The van der Waals surface area contributed by atoms with Gasteiger partial charge in [0, 0.05) is 17.6 Å². The molecule has 21 heavy (non-hydrogen) atoms. The maximum Gasteiger partial charge on any atom is 0.387 e. The van der Waals surface area contributed by atoms with E-state index in [-0.39, 0.29) is 11.7 Å². The van der Waals surface area contributed by atoms with E-state index in [0.29, 0.717) is 23.1 Å². The Kier molecular flexibility index (Phi) is 5.04. The summed E-state index contributed by atoms with van der Waals surface area (Å²) in [6.07, 6.45) is 0. The van der Waals surface area contributed by atoms with Crippen molar-refractivity contribution in [2.24, 2.45) is 0 Å². The normalized spacial score (nSPS) is 10.5. The van der Waals surface area contributed by atoms with Gasteiger partial charge < -0.3 is 15.4 Å². The van der Waals surface area contributed by atoms with Gasteiger partial charge in [0.2, 0.25) is 0 Å². The Morgan fingerprint density at radius 2 is 2.10 bits per heavy atom. The lowest BCUT2D eigenvalue weighted by Gasteiger charge is -2.06. The van der Waals surface area contributed by atoms with Crippen molar-refractivity contribution in [2.45, 2.75) is 13.5 Å². The molecular weight excluding hydrogens is 300 g/mol. The summed E-state index contributed by atoms with van der Waals surface area (Å²) in [6, 6.07) is 6.02. The fourth-order valence-electron chi connectivity index (χ4n) is 1.53. The summed E-state index contributed by atoms with van der Waals surface area (Å²) >= 11 is 1.28. The molecule has 0 aliphatic heterocycles. The number of alkyl halides is 2. The van der Waals surface area contributed by atoms with Crippen LogP contribution in [0.25, 0.3) is 0 Å². The third-order valence-corrected chi connectivity index (χ3v) is 3.16. The van der Waals surface area contributed by atoms with Crippen LogP contribution in [-0.4, -0.2) is 24.0 Å². The lowest BCUT2D eigenvalue weighted by molar-refractivity contribution is -0.0498. The topological polar surface area (TPSA) is 63.2 Å². The second-order valence-corrected chi connectivity index (χ2v) is 4.78. The second-order valence-electron chi connectivity index (χ2n) is 3.93. The van der Waals surface area contributed by atoms with E-state index in [2.05, 4.69) is 20.4 Å². The van der Waals surface area contributed by atoms with Crippen LogP contribution in [0, 0.1) is 0 Å². The van der Waals surface area contributed by atoms with E-state index >= 15 is 0 Å². The molecule has 8 heteroatoms. The molecule has 2 aromatic rings. The third kappa shape index (κ3) is 4.38. The maximum atomic E-state index is 12.0. The minimum atomic E-state index is -2.84. The number of benzene rings is 1. The third-order valence-electron chi connectivity index (χ3n) is 2.40. The van der Waals surface area contributed by atoms with Gasteiger partial charge in [-0.2, -0.15) is 8.78 Å². The summed E-state index contributed by atoms with van der Waals surface area (Å²) in [7, 11) is 0. The molecule has 0 radical (unpaired) electrons. The first-order valence-corrected chi connectivity index (χ1v) is 7.02. The van der Waals surface area contributed by atoms with Crippen molar-refractivity contribution in [2.75, 3.05) is 11.9 Å². The van der Waals surface area contributed by atoms with E-state index < -0.39 is 6.61 Å². The first kappa shape index (κ1) is 15.2. The molecule has 2 N–H and O–H groups in total. The Labute approximate surface area is 124 Å². The molecular formula is C13H13F2N3O2S. The molecule has 0 unspecified atom stereocenters. The molecule has 0 aliphatic rings. The molecule has 1 aromatic heterocycles. The van der Waals surface area contributed by atoms with Gasteiger partial charge in [-0.05, 0) is 31.2 Å². The first-order valence-electron chi connectivity index (χ1n) is 6.14. The number of hydrogen-bond donors (Lipinski definition) is 2. The summed E-state index contributed by atoms with van der Waals surface area (Å²) in [5.41, 5.74) is 0.996. The van der Waals surface area contributed by atoms with Crippen molar-refractivity contribution in [3.8, 4) is 5.75 Å². The average Bonchev–Trinajstić information content (AvgIpc) is 2.89. The highest BCUT2D eigenvalue weighted by atomic mass is 32.1. The van der Waals surface area contributed by atoms with E-state index in [0.717, 1.165) is 0 Å². The summed E-state index contributed by atoms with van der Waals surface area (Å²) < 4.78 is 28.3. The zero-order chi connectivity index (χ0) is 15.2. The van der Waals surface area contributed by atoms with Crippen molar-refractivity contribution in [3.05, 3.63) is 35.3 Å². The van der Waals surface area contributed by atoms with Crippen LogP contribution in [0.2, 0.25) is 0 Å². The molecule has 0 saturated carbocycles. The van der Waals surface area contributed by atoms with Gasteiger partial charge in [-0.25, -0.2) is 4.98 Å². The van der Waals surface area contributed by atoms with Gasteiger partial charge in [-0.3, -0.25) is 4.79 Å². The standard InChI is InChI=1S/C13H13F2N3O2S/c1-2-16-11(19)10-7-21-13(18-10)17-8-3-5-9(6-4-8)20-12(14)15/h3-7,12H,2H2,1H3,(H,16,19)(H,17,18). The number of rotatable bonds is 6. The number of anilines is 2. The van der Waals surface area contributed by atoms with Crippen LogP contribution in [0.15, 0.2) is 29.6 Å². The smallest absolute Gasteiger partial charge is 0.387 e. The maximum absolute atomic E-state index is 12.0. The summed E-state index contributed by atoms with van der Waals surface area (Å²) in [6.45, 7) is -0.487. The van der Waals surface area contributed by atoms with Gasteiger partial charge >= 0.3 is 6.61 Å². The van der Waals surface area contributed by atoms with Crippen LogP contribution in [0.3, 0.4) is 0 Å². The Bertz CT molecular complexity index is 602. The van der Waals surface area contributed by atoms with E-state index in [4.69, 9.17) is 0 Å². The van der Waals surface area contributed by atoms with Crippen molar-refractivity contribution in [3.63, 3.8) is 0 Å². The Balaban J connectivity index is 2.00. The van der Waals surface area contributed by atoms with E-state index in [1.54, 1.807) is 17.5 Å². The van der Waals surface area contributed by atoms with Gasteiger partial charge in [0.15, 0.2) is 5.13 Å². The first-order chi connectivity index (χ1) is 10.1. The van der Waals surface area contributed by atoms with Crippen LogP contribution in [0.1, 0.15) is 17.4 Å². The monoisotopic (exact) mass is 313 g/mol. The fraction of sp³-hybridized carbons (Fsp3) is 0.231. The molecule has 5 nitrogen and oxygen atoms in total. The Hall–Kier alpha value is -2.22. The number of nitrogens with zero attached hydrogens (tertiary/aromatic N) is 1. The molecule has 0 saturated heterocycles. The minimum Gasteiger partial charge on any atom is -0.435 e. The number of halogens is 2. The average molecular weight is 313 g/mol. The van der Waals surface area contributed by atoms with Gasteiger partial charge in [0.05, 0.1) is 0 Å². The van der Waals surface area contributed by atoms with Gasteiger partial charge in [-0.1, -0.05) is 0 Å². The lowest BCUT2D eigenvalue weighted by atomic mass is 10.3. The van der Waals surface area contributed by atoms with Crippen LogP contribution < -0.4 is 15.4 Å². The molecule has 0 fully saturated rings. The fourth-order valence-corrected chi connectivity index (χ4v) is 2.24. The van der Waals surface area contributed by atoms with Crippen LogP contribution in [0.4, 0.5) is 19.6 Å². The number of carbonyl (C=O) groups excluding carboxylic acids is 1. The van der Waals surface area contributed by atoms with Crippen molar-refractivity contribution < 1.29 is 18.3 Å². The highest BCUT2D eigenvalue weighted by Gasteiger charge is 2.10. The highest BCUT2D eigenvalue weighted by molar-refractivity contribution is 7.14. The number of thiazole rings is 1. The summed E-state index contributed by atoms with van der Waals surface area (Å²) in [5, 5.41) is 7.82. The molecule has 112 valence electrons. The Morgan fingerprint density at radius 3 is 2.71 bits per heavy atom. The van der Waals surface area contributed by atoms with Crippen LogP contribution in [-0.2, 0) is 0 Å². The lowest BCUT2D eigenvalue weighted by Crippen LogP contribution is -2.22. The number of nitrogens with one attached hydrogen (secondary N) is 2. The molecule has 0 spiro atoms. The number of ether oxygens (including phenoxy) is 1. The molecule has 2 rings (SSSR count). The van der Waals surface area contributed by atoms with Gasteiger partial charge in [0.25, 0.3) is 5.91 Å². The predicted octanol–water partition coefficient (Wildman–Crippen LogP) is 3.24. The summed E-state index contributed by atoms with van der Waals surface area (Å²) in [4.78, 5) is 15.7. The van der Waals surface area contributed by atoms with Gasteiger partial charge in [0.1, 0.15) is 11.4 Å². The number of aromatic nitrogens is 1. The van der Waals surface area contributed by atoms with Gasteiger partial charge in [-0.15, -0.1) is 11.3 Å². The number of carbonyl (C=O) groups is 1. The largest absolute Gasteiger partial charge is 0.435 e. The SMILES string of the molecule is CCNC(=O)c1csc(Nc2ccc(OC(F)F)cc2)n1. The molecule has 1 heterocycles. The molecule has 1 aromatic carbocycles. The number of amides is 1. The quantitative estimate of drug-likeness (QED) is 0.859. The molecule has 0 bridgehead atoms. The second kappa shape index (κ2) is 6.98. The zero-order valence-electron chi connectivity index (χ0n) is 11.1.